The van der Waals surface area contributed by atoms with Crippen LogP contribution in [0, 0.1) is 0 Å². The first-order valence-corrected chi connectivity index (χ1v) is 8.82. The molecule has 0 saturated carbocycles. The Kier molecular flexibility index (Phi) is 7.21. The van der Waals surface area contributed by atoms with Gasteiger partial charge >= 0.3 is 0 Å². The average molecular weight is 299 g/mol. The van der Waals surface area contributed by atoms with E-state index >= 15 is 0 Å². The predicted molar refractivity (Wildman–Crippen MR) is 93.2 cm³/mol. The minimum atomic E-state index is 0.0513. The normalized spacial score (nSPS) is 21.8. The highest BCUT2D eigenvalue weighted by Gasteiger charge is 2.14. The Balaban J connectivity index is 2.09. The smallest absolute Gasteiger partial charge is 0.252 e. The second-order valence-corrected chi connectivity index (χ2v) is 6.34. The van der Waals surface area contributed by atoms with Crippen LogP contribution in [0.1, 0.15) is 73.7 Å². The van der Waals surface area contributed by atoms with E-state index in [1.165, 1.54) is 56.9 Å². The van der Waals surface area contributed by atoms with E-state index in [4.69, 9.17) is 0 Å². The van der Waals surface area contributed by atoms with Gasteiger partial charge in [0.05, 0.1) is 0 Å². The number of fused-ring (bicyclic) bond motifs is 1. The lowest BCUT2D eigenvalue weighted by molar-refractivity contribution is 0.0941. The summed E-state index contributed by atoms with van der Waals surface area (Å²) in [5.74, 6) is 0.0513. The summed E-state index contributed by atoms with van der Waals surface area (Å²) in [6.07, 6.45) is 14.1. The minimum absolute atomic E-state index is 0.0513. The zero-order valence-electron chi connectivity index (χ0n) is 13.7. The van der Waals surface area contributed by atoms with E-state index in [1.807, 2.05) is 24.3 Å². The molecule has 1 heterocycles. The van der Waals surface area contributed by atoms with Crippen LogP contribution >= 0.6 is 0 Å². The van der Waals surface area contributed by atoms with Crippen molar-refractivity contribution in [3.05, 3.63) is 48.0 Å². The largest absolute Gasteiger partial charge is 0.346 e. The van der Waals surface area contributed by atoms with E-state index in [0.29, 0.717) is 0 Å². The summed E-state index contributed by atoms with van der Waals surface area (Å²) in [5.41, 5.74) is 2.02. The first-order valence-electron chi connectivity index (χ1n) is 8.82. The fraction of sp³-hybridized carbons (Fsp3) is 0.550. The maximum Gasteiger partial charge on any atom is 0.252 e. The van der Waals surface area contributed by atoms with Crippen LogP contribution in [0.25, 0.3) is 0 Å². The first-order chi connectivity index (χ1) is 10.8. The van der Waals surface area contributed by atoms with Gasteiger partial charge in [0, 0.05) is 11.6 Å². The highest BCUT2D eigenvalue weighted by atomic mass is 16.1. The molecular formula is C20H29NO. The molecule has 22 heavy (non-hydrogen) atoms. The van der Waals surface area contributed by atoms with Crippen molar-refractivity contribution in [1.82, 2.24) is 5.32 Å². The highest BCUT2D eigenvalue weighted by Crippen LogP contribution is 2.17. The Morgan fingerprint density at radius 3 is 2.32 bits per heavy atom. The van der Waals surface area contributed by atoms with Crippen LogP contribution in [-0.2, 0) is 6.42 Å². The van der Waals surface area contributed by atoms with Crippen LogP contribution in [0.5, 0.6) is 0 Å². The Bertz CT molecular complexity index is 480. The number of carbonyl (C=O) groups is 1. The average Bonchev–Trinajstić information content (AvgIpc) is 2.55. The third-order valence-electron chi connectivity index (χ3n) is 4.57. The number of hydrogen-bond donors (Lipinski definition) is 1. The molecule has 1 atom stereocenters. The van der Waals surface area contributed by atoms with Gasteiger partial charge in [0.2, 0.25) is 0 Å². The minimum Gasteiger partial charge on any atom is -0.346 e. The molecule has 0 spiro atoms. The van der Waals surface area contributed by atoms with Crippen molar-refractivity contribution in [2.24, 2.45) is 0 Å². The number of nitrogens with one attached hydrogen (secondary N) is 1. The summed E-state index contributed by atoms with van der Waals surface area (Å²) in [7, 11) is 0. The Labute approximate surface area is 135 Å². The van der Waals surface area contributed by atoms with Gasteiger partial charge in [-0.25, -0.2) is 0 Å². The van der Waals surface area contributed by atoms with Gasteiger partial charge in [-0.2, -0.15) is 0 Å². The van der Waals surface area contributed by atoms with Crippen molar-refractivity contribution in [3.63, 3.8) is 0 Å². The SMILES string of the molecule is C=C[C@@H]1CCCCCCCCCCc2ccccc2C(=O)N1. The highest BCUT2D eigenvalue weighted by molar-refractivity contribution is 5.96. The van der Waals surface area contributed by atoms with Crippen molar-refractivity contribution in [1.29, 1.82) is 0 Å². The summed E-state index contributed by atoms with van der Waals surface area (Å²) >= 11 is 0. The molecule has 0 aliphatic carbocycles. The maximum absolute atomic E-state index is 12.6. The Hall–Kier alpha value is -1.57. The molecule has 1 aromatic carbocycles. The van der Waals surface area contributed by atoms with Gasteiger partial charge in [0.25, 0.3) is 5.91 Å². The topological polar surface area (TPSA) is 29.1 Å². The fourth-order valence-corrected chi connectivity index (χ4v) is 3.20. The lowest BCUT2D eigenvalue weighted by Gasteiger charge is -2.16. The summed E-state index contributed by atoms with van der Waals surface area (Å²) in [5, 5.41) is 3.14. The molecule has 1 aliphatic heterocycles. The van der Waals surface area contributed by atoms with Gasteiger partial charge in [-0.1, -0.05) is 69.2 Å². The van der Waals surface area contributed by atoms with Crippen molar-refractivity contribution in [2.75, 3.05) is 0 Å². The number of benzene rings is 1. The quantitative estimate of drug-likeness (QED) is 0.723. The van der Waals surface area contributed by atoms with Gasteiger partial charge in [0.15, 0.2) is 0 Å². The molecule has 1 aliphatic rings. The molecular weight excluding hydrogens is 270 g/mol. The Morgan fingerprint density at radius 1 is 0.955 bits per heavy atom. The predicted octanol–water partition coefficient (Wildman–Crippen LogP) is 5.04. The third-order valence-corrected chi connectivity index (χ3v) is 4.57. The first kappa shape index (κ1) is 16.8. The molecule has 2 nitrogen and oxygen atoms in total. The molecule has 0 aromatic heterocycles. The van der Waals surface area contributed by atoms with Crippen LogP contribution in [-0.4, -0.2) is 11.9 Å². The molecule has 120 valence electrons. The lowest BCUT2D eigenvalue weighted by Crippen LogP contribution is -2.33. The number of carbonyl (C=O) groups excluding carboxylic acids is 1. The standard InChI is InChI=1S/C20H29NO/c1-2-18-15-10-8-6-4-3-5-7-9-13-17-14-11-12-16-19(17)20(22)21-18/h2,11-12,14,16,18H,1,3-10,13,15H2,(H,21,22)/t18-/m1/s1. The van der Waals surface area contributed by atoms with Gasteiger partial charge < -0.3 is 5.32 Å². The van der Waals surface area contributed by atoms with Crippen molar-refractivity contribution in [2.45, 2.75) is 70.3 Å². The summed E-state index contributed by atoms with van der Waals surface area (Å²) in [6.45, 7) is 3.88. The van der Waals surface area contributed by atoms with Crippen molar-refractivity contribution < 1.29 is 4.79 Å². The van der Waals surface area contributed by atoms with Gasteiger partial charge in [-0.05, 0) is 30.9 Å². The van der Waals surface area contributed by atoms with Gasteiger partial charge in [-0.3, -0.25) is 4.79 Å². The van der Waals surface area contributed by atoms with Gasteiger partial charge in [-0.15, -0.1) is 6.58 Å². The van der Waals surface area contributed by atoms with Gasteiger partial charge in [0.1, 0.15) is 0 Å². The zero-order chi connectivity index (χ0) is 15.6. The Morgan fingerprint density at radius 2 is 1.59 bits per heavy atom. The number of hydrogen-bond acceptors (Lipinski definition) is 1. The molecule has 0 bridgehead atoms. The van der Waals surface area contributed by atoms with Crippen molar-refractivity contribution in [3.8, 4) is 0 Å². The lowest BCUT2D eigenvalue weighted by atomic mass is 9.99. The molecule has 1 N–H and O–H groups in total. The summed E-state index contributed by atoms with van der Waals surface area (Å²) in [4.78, 5) is 12.6. The van der Waals surface area contributed by atoms with E-state index in [0.717, 1.165) is 18.4 Å². The molecule has 0 fully saturated rings. The van der Waals surface area contributed by atoms with E-state index in [1.54, 1.807) is 0 Å². The summed E-state index contributed by atoms with van der Waals surface area (Å²) in [6, 6.07) is 8.12. The maximum atomic E-state index is 12.6. The second kappa shape index (κ2) is 9.45. The second-order valence-electron chi connectivity index (χ2n) is 6.34. The monoisotopic (exact) mass is 299 g/mol. The van der Waals surface area contributed by atoms with Crippen molar-refractivity contribution >= 4 is 5.91 Å². The van der Waals surface area contributed by atoms with Crippen LogP contribution in [0.15, 0.2) is 36.9 Å². The van der Waals surface area contributed by atoms with E-state index < -0.39 is 0 Å². The molecule has 1 aromatic rings. The van der Waals surface area contributed by atoms with E-state index in [9.17, 15) is 4.79 Å². The van der Waals surface area contributed by atoms with E-state index in [2.05, 4.69) is 18.0 Å². The molecule has 1 amide bonds. The molecule has 0 radical (unpaired) electrons. The van der Waals surface area contributed by atoms with Crippen LogP contribution in [0.2, 0.25) is 0 Å². The molecule has 0 unspecified atom stereocenters. The number of rotatable bonds is 1. The number of amides is 1. The molecule has 0 saturated heterocycles. The van der Waals surface area contributed by atoms with E-state index in [-0.39, 0.29) is 11.9 Å². The van der Waals surface area contributed by atoms with Crippen LogP contribution < -0.4 is 5.32 Å². The fourth-order valence-electron chi connectivity index (χ4n) is 3.20. The zero-order valence-corrected chi connectivity index (χ0v) is 13.7. The third kappa shape index (κ3) is 5.32. The number of aryl methyl sites for hydroxylation is 1. The summed E-state index contributed by atoms with van der Waals surface area (Å²) < 4.78 is 0. The van der Waals surface area contributed by atoms with Crippen LogP contribution in [0.4, 0.5) is 0 Å². The molecule has 2 heteroatoms. The van der Waals surface area contributed by atoms with Crippen LogP contribution in [0.3, 0.4) is 0 Å². The molecule has 2 rings (SSSR count).